The summed E-state index contributed by atoms with van der Waals surface area (Å²) in [5.74, 6) is 0.0848. The summed E-state index contributed by atoms with van der Waals surface area (Å²) in [5.41, 5.74) is 2.31. The zero-order valence-electron chi connectivity index (χ0n) is 12.8. The first kappa shape index (κ1) is 15.4. The number of ether oxygens (including phenoxy) is 1. The fraction of sp³-hybridized carbons (Fsp3) is 0.389. The van der Waals surface area contributed by atoms with Gasteiger partial charge in [0.25, 0.3) is 0 Å². The van der Waals surface area contributed by atoms with Gasteiger partial charge in [0, 0.05) is 6.42 Å². The van der Waals surface area contributed by atoms with Crippen LogP contribution < -0.4 is 0 Å². The third kappa shape index (κ3) is 3.75. The van der Waals surface area contributed by atoms with Crippen LogP contribution in [0.25, 0.3) is 0 Å². The van der Waals surface area contributed by atoms with Crippen LogP contribution in [0.2, 0.25) is 0 Å². The average molecular weight is 286 g/mol. The molecule has 0 aromatic heterocycles. The van der Waals surface area contributed by atoms with Crippen LogP contribution in [0.3, 0.4) is 0 Å². The summed E-state index contributed by atoms with van der Waals surface area (Å²) in [6.45, 7) is 6.38. The zero-order chi connectivity index (χ0) is 15.4. The second kappa shape index (κ2) is 6.61. The number of phenolic OH excluding ortho intramolecular Hbond substituents is 1. The molecule has 0 spiro atoms. The lowest BCUT2D eigenvalue weighted by Gasteiger charge is -2.22. The van der Waals surface area contributed by atoms with Gasteiger partial charge in [-0.05, 0) is 30.5 Å². The molecule has 21 heavy (non-hydrogen) atoms. The van der Waals surface area contributed by atoms with Gasteiger partial charge in [0.1, 0.15) is 17.4 Å². The summed E-state index contributed by atoms with van der Waals surface area (Å²) in [6.07, 6.45) is 7.56. The summed E-state index contributed by atoms with van der Waals surface area (Å²) in [7, 11) is 0. The first-order valence-corrected chi connectivity index (χ1v) is 7.39. The molecule has 2 atom stereocenters. The van der Waals surface area contributed by atoms with E-state index in [-0.39, 0.29) is 11.9 Å². The average Bonchev–Trinajstić information content (AvgIpc) is 2.44. The minimum atomic E-state index is -0.451. The Labute approximate surface area is 125 Å². The van der Waals surface area contributed by atoms with Crippen molar-refractivity contribution in [1.82, 2.24) is 0 Å². The van der Waals surface area contributed by atoms with Crippen LogP contribution in [0.15, 0.2) is 42.0 Å². The highest BCUT2D eigenvalue weighted by atomic mass is 16.5. The Bertz CT molecular complexity index is 584. The number of hydrogen-bond donors (Lipinski definition) is 1. The highest BCUT2D eigenvalue weighted by Gasteiger charge is 2.27. The molecule has 1 aliphatic rings. The van der Waals surface area contributed by atoms with Gasteiger partial charge in [-0.3, -0.25) is 0 Å². The molecular formula is C18H22O3. The fourth-order valence-electron chi connectivity index (χ4n) is 2.44. The first-order valence-electron chi connectivity index (χ1n) is 7.39. The second-order valence-corrected chi connectivity index (χ2v) is 5.61. The lowest BCUT2D eigenvalue weighted by atomic mass is 9.97. The van der Waals surface area contributed by atoms with Gasteiger partial charge in [-0.15, -0.1) is 0 Å². The number of allylic oxidation sites excluding steroid dienone is 3. The molecule has 0 saturated carbocycles. The summed E-state index contributed by atoms with van der Waals surface area (Å²) >= 11 is 0. The van der Waals surface area contributed by atoms with Crippen molar-refractivity contribution in [2.45, 2.75) is 39.7 Å². The molecule has 1 heterocycles. The standard InChI is InChI=1S/C18H22O3/c1-4-12(2)10-13(3)8-9-15-11-14-6-5-7-16(19)17(14)18(20)21-15/h5-10,12,15,19H,4,11H2,1-3H3. The monoisotopic (exact) mass is 286 g/mol. The van der Waals surface area contributed by atoms with Crippen LogP contribution in [-0.2, 0) is 11.2 Å². The summed E-state index contributed by atoms with van der Waals surface area (Å²) < 4.78 is 5.36. The molecule has 0 saturated heterocycles. The Morgan fingerprint density at radius 1 is 1.52 bits per heavy atom. The maximum atomic E-state index is 12.0. The Kier molecular flexibility index (Phi) is 4.84. The topological polar surface area (TPSA) is 46.5 Å². The number of carbonyl (C=O) groups excluding carboxylic acids is 1. The smallest absolute Gasteiger partial charge is 0.342 e. The fourth-order valence-corrected chi connectivity index (χ4v) is 2.44. The van der Waals surface area contributed by atoms with Gasteiger partial charge in [0.15, 0.2) is 0 Å². The number of cyclic esters (lactones) is 1. The van der Waals surface area contributed by atoms with E-state index in [1.165, 1.54) is 11.6 Å². The number of rotatable bonds is 4. The van der Waals surface area contributed by atoms with E-state index in [1.807, 2.05) is 25.1 Å². The molecule has 1 N–H and O–H groups in total. The van der Waals surface area contributed by atoms with Gasteiger partial charge in [-0.2, -0.15) is 0 Å². The van der Waals surface area contributed by atoms with E-state index in [9.17, 15) is 9.90 Å². The summed E-state index contributed by atoms with van der Waals surface area (Å²) in [4.78, 5) is 12.0. The number of fused-ring (bicyclic) bond motifs is 1. The Morgan fingerprint density at radius 3 is 3.00 bits per heavy atom. The molecule has 3 heteroatoms. The molecule has 3 nitrogen and oxygen atoms in total. The lowest BCUT2D eigenvalue weighted by molar-refractivity contribution is 0.0353. The first-order chi connectivity index (χ1) is 10.0. The Balaban J connectivity index is 2.11. The minimum absolute atomic E-state index is 0.00669. The molecule has 2 unspecified atom stereocenters. The predicted molar refractivity (Wildman–Crippen MR) is 83.4 cm³/mol. The molecule has 1 aliphatic heterocycles. The predicted octanol–water partition coefficient (Wildman–Crippen LogP) is 4.02. The number of phenols is 1. The van der Waals surface area contributed by atoms with E-state index < -0.39 is 5.97 Å². The van der Waals surface area contributed by atoms with E-state index in [4.69, 9.17) is 4.74 Å². The van der Waals surface area contributed by atoms with Crippen molar-refractivity contribution >= 4 is 5.97 Å². The van der Waals surface area contributed by atoms with Crippen molar-refractivity contribution in [3.05, 3.63) is 53.1 Å². The molecule has 0 bridgehead atoms. The number of aromatic hydroxyl groups is 1. The van der Waals surface area contributed by atoms with E-state index in [1.54, 1.807) is 6.07 Å². The van der Waals surface area contributed by atoms with Crippen LogP contribution in [0, 0.1) is 5.92 Å². The normalized spacial score (nSPS) is 20.2. The maximum Gasteiger partial charge on any atom is 0.342 e. The Morgan fingerprint density at radius 2 is 2.29 bits per heavy atom. The highest BCUT2D eigenvalue weighted by Crippen LogP contribution is 2.28. The third-order valence-corrected chi connectivity index (χ3v) is 3.78. The SMILES string of the molecule is CCC(C)C=C(C)C=CC1Cc2cccc(O)c2C(=O)O1. The van der Waals surface area contributed by atoms with Gasteiger partial charge in [-0.25, -0.2) is 4.79 Å². The summed E-state index contributed by atoms with van der Waals surface area (Å²) in [5, 5.41) is 9.73. The van der Waals surface area contributed by atoms with Crippen LogP contribution in [0.5, 0.6) is 5.75 Å². The van der Waals surface area contributed by atoms with Crippen LogP contribution >= 0.6 is 0 Å². The number of carbonyl (C=O) groups is 1. The largest absolute Gasteiger partial charge is 0.507 e. The second-order valence-electron chi connectivity index (χ2n) is 5.61. The maximum absolute atomic E-state index is 12.0. The zero-order valence-corrected chi connectivity index (χ0v) is 12.8. The third-order valence-electron chi connectivity index (χ3n) is 3.78. The number of hydrogen-bond acceptors (Lipinski definition) is 3. The van der Waals surface area contributed by atoms with Crippen molar-refractivity contribution in [1.29, 1.82) is 0 Å². The number of benzene rings is 1. The van der Waals surface area contributed by atoms with Gasteiger partial charge in [0.05, 0.1) is 0 Å². The molecule has 112 valence electrons. The van der Waals surface area contributed by atoms with E-state index >= 15 is 0 Å². The van der Waals surface area contributed by atoms with Crippen molar-refractivity contribution < 1.29 is 14.6 Å². The molecule has 0 amide bonds. The molecule has 1 aromatic rings. The quantitative estimate of drug-likeness (QED) is 0.671. The van der Waals surface area contributed by atoms with Crippen LogP contribution in [0.1, 0.15) is 43.1 Å². The van der Waals surface area contributed by atoms with E-state index in [0.29, 0.717) is 17.9 Å². The van der Waals surface area contributed by atoms with Gasteiger partial charge < -0.3 is 9.84 Å². The van der Waals surface area contributed by atoms with Gasteiger partial charge in [0.2, 0.25) is 0 Å². The molecule has 0 fully saturated rings. The molecule has 0 aliphatic carbocycles. The lowest BCUT2D eigenvalue weighted by Crippen LogP contribution is -2.26. The Hall–Kier alpha value is -2.03. The van der Waals surface area contributed by atoms with E-state index in [0.717, 1.165) is 12.0 Å². The molecular weight excluding hydrogens is 264 g/mol. The molecule has 2 rings (SSSR count). The minimum Gasteiger partial charge on any atom is -0.507 e. The summed E-state index contributed by atoms with van der Waals surface area (Å²) in [6, 6.07) is 5.12. The van der Waals surface area contributed by atoms with Crippen LogP contribution in [0.4, 0.5) is 0 Å². The van der Waals surface area contributed by atoms with Crippen LogP contribution in [-0.4, -0.2) is 17.2 Å². The number of esters is 1. The van der Waals surface area contributed by atoms with Crippen molar-refractivity contribution in [3.63, 3.8) is 0 Å². The van der Waals surface area contributed by atoms with Crippen molar-refractivity contribution in [2.24, 2.45) is 5.92 Å². The molecule has 1 aromatic carbocycles. The highest BCUT2D eigenvalue weighted by molar-refractivity contribution is 5.95. The molecule has 0 radical (unpaired) electrons. The van der Waals surface area contributed by atoms with Gasteiger partial charge in [-0.1, -0.05) is 50.1 Å². The van der Waals surface area contributed by atoms with Crippen molar-refractivity contribution in [3.8, 4) is 5.75 Å². The van der Waals surface area contributed by atoms with E-state index in [2.05, 4.69) is 19.9 Å². The van der Waals surface area contributed by atoms with Gasteiger partial charge >= 0.3 is 5.97 Å². The van der Waals surface area contributed by atoms with Crippen molar-refractivity contribution in [2.75, 3.05) is 0 Å².